The van der Waals surface area contributed by atoms with Gasteiger partial charge in [-0.3, -0.25) is 4.79 Å². The Kier molecular flexibility index (Phi) is 3.94. The van der Waals surface area contributed by atoms with Gasteiger partial charge in [0.1, 0.15) is 12.3 Å². The summed E-state index contributed by atoms with van der Waals surface area (Å²) >= 11 is 1.19. The van der Waals surface area contributed by atoms with Crippen LogP contribution in [-0.4, -0.2) is 31.4 Å². The van der Waals surface area contributed by atoms with Gasteiger partial charge in [0.05, 0.1) is 17.1 Å². The van der Waals surface area contributed by atoms with Gasteiger partial charge in [-0.15, -0.1) is 0 Å². The molecule has 0 saturated heterocycles. The molecule has 7 heteroatoms. The van der Waals surface area contributed by atoms with Gasteiger partial charge in [-0.2, -0.15) is 0 Å². The zero-order valence-corrected chi connectivity index (χ0v) is 11.8. The molecule has 102 valence electrons. The van der Waals surface area contributed by atoms with Crippen molar-refractivity contribution in [2.75, 3.05) is 5.75 Å². The van der Waals surface area contributed by atoms with E-state index in [0.29, 0.717) is 17.6 Å². The number of carboxylic acid groups (broad SMARTS) is 1. The Balaban J connectivity index is 2.17. The van der Waals surface area contributed by atoms with Crippen molar-refractivity contribution in [1.82, 2.24) is 14.5 Å². The molecule has 0 radical (unpaired) electrons. The number of aliphatic carboxylic acids is 1. The molecule has 2 heterocycles. The van der Waals surface area contributed by atoms with Crippen molar-refractivity contribution in [3.63, 3.8) is 0 Å². The molecule has 0 fully saturated rings. The van der Waals surface area contributed by atoms with Crippen LogP contribution >= 0.6 is 11.8 Å². The Bertz CT molecular complexity index is 584. The number of imidazole rings is 1. The first-order valence-corrected chi connectivity index (χ1v) is 6.75. The first kappa shape index (κ1) is 13.7. The second-order valence-electron chi connectivity index (χ2n) is 4.22. The summed E-state index contributed by atoms with van der Waals surface area (Å²) in [4.78, 5) is 19.2. The van der Waals surface area contributed by atoms with Crippen LogP contribution in [0.3, 0.4) is 0 Å². The molecule has 0 amide bonds. The third-order valence-corrected chi connectivity index (χ3v) is 3.54. The fourth-order valence-electron chi connectivity index (χ4n) is 1.63. The van der Waals surface area contributed by atoms with Crippen LogP contribution in [0.4, 0.5) is 0 Å². The molecule has 0 unspecified atom stereocenters. The average Bonchev–Trinajstić information content (AvgIpc) is 2.80. The quantitative estimate of drug-likeness (QED) is 0.844. The smallest absolute Gasteiger partial charge is 0.313 e. The molecule has 0 aliphatic carbocycles. The fraction of sp³-hybridized carbons (Fsp3) is 0.417. The highest BCUT2D eigenvalue weighted by Crippen LogP contribution is 2.19. The van der Waals surface area contributed by atoms with Crippen molar-refractivity contribution in [1.29, 1.82) is 0 Å². The van der Waals surface area contributed by atoms with Crippen molar-refractivity contribution in [2.24, 2.45) is 0 Å². The molecule has 1 N–H and O–H groups in total. The highest BCUT2D eigenvalue weighted by molar-refractivity contribution is 7.99. The van der Waals surface area contributed by atoms with Crippen LogP contribution in [0, 0.1) is 20.8 Å². The highest BCUT2D eigenvalue weighted by Gasteiger charge is 2.12. The molecule has 0 bridgehead atoms. The molecule has 0 aromatic carbocycles. The number of aryl methyl sites for hydroxylation is 3. The molecule has 2 rings (SSSR count). The number of nitrogens with zero attached hydrogens (tertiary/aromatic N) is 3. The van der Waals surface area contributed by atoms with Gasteiger partial charge < -0.3 is 14.1 Å². The van der Waals surface area contributed by atoms with Gasteiger partial charge in [0.25, 0.3) is 0 Å². The Morgan fingerprint density at radius 1 is 1.42 bits per heavy atom. The van der Waals surface area contributed by atoms with E-state index in [0.717, 1.165) is 17.1 Å². The molecule has 19 heavy (non-hydrogen) atoms. The lowest BCUT2D eigenvalue weighted by Crippen LogP contribution is -2.04. The summed E-state index contributed by atoms with van der Waals surface area (Å²) in [7, 11) is 0. The van der Waals surface area contributed by atoms with Crippen molar-refractivity contribution < 1.29 is 14.3 Å². The molecule has 0 spiro atoms. The zero-order valence-electron chi connectivity index (χ0n) is 11.0. The monoisotopic (exact) mass is 281 g/mol. The number of carbonyl (C=O) groups is 1. The lowest BCUT2D eigenvalue weighted by atomic mass is 10.4. The highest BCUT2D eigenvalue weighted by atomic mass is 32.2. The molecule has 0 atom stereocenters. The van der Waals surface area contributed by atoms with Gasteiger partial charge >= 0.3 is 5.97 Å². The van der Waals surface area contributed by atoms with E-state index in [1.165, 1.54) is 11.8 Å². The van der Waals surface area contributed by atoms with Gasteiger partial charge in [-0.1, -0.05) is 11.8 Å². The van der Waals surface area contributed by atoms with E-state index in [4.69, 9.17) is 9.52 Å². The summed E-state index contributed by atoms with van der Waals surface area (Å²) in [6.07, 6.45) is 1.86. The number of oxazole rings is 1. The Morgan fingerprint density at radius 3 is 2.74 bits per heavy atom. The van der Waals surface area contributed by atoms with Crippen LogP contribution in [0.1, 0.15) is 23.0 Å². The maximum atomic E-state index is 10.6. The third-order valence-electron chi connectivity index (χ3n) is 2.56. The lowest BCUT2D eigenvalue weighted by Gasteiger charge is -2.03. The number of hydrogen-bond acceptors (Lipinski definition) is 5. The largest absolute Gasteiger partial charge is 0.481 e. The van der Waals surface area contributed by atoms with Crippen molar-refractivity contribution >= 4 is 17.7 Å². The van der Waals surface area contributed by atoms with E-state index >= 15 is 0 Å². The predicted molar refractivity (Wildman–Crippen MR) is 70.4 cm³/mol. The topological polar surface area (TPSA) is 81.2 Å². The normalized spacial score (nSPS) is 10.9. The second-order valence-corrected chi connectivity index (χ2v) is 5.17. The molecule has 0 saturated carbocycles. The number of hydrogen-bond donors (Lipinski definition) is 1. The lowest BCUT2D eigenvalue weighted by molar-refractivity contribution is -0.133. The Hall–Kier alpha value is -1.76. The van der Waals surface area contributed by atoms with Crippen LogP contribution in [0.5, 0.6) is 0 Å². The second kappa shape index (κ2) is 5.48. The summed E-state index contributed by atoms with van der Waals surface area (Å²) in [6.45, 7) is 6.08. The summed E-state index contributed by atoms with van der Waals surface area (Å²) in [5.41, 5.74) is 1.71. The minimum Gasteiger partial charge on any atom is -0.481 e. The predicted octanol–water partition coefficient (Wildman–Crippen LogP) is 2.02. The number of thioether (sulfide) groups is 1. The zero-order chi connectivity index (χ0) is 14.0. The Morgan fingerprint density at radius 2 is 2.16 bits per heavy atom. The molecule has 0 aliphatic heterocycles. The minimum atomic E-state index is -0.861. The average molecular weight is 281 g/mol. The van der Waals surface area contributed by atoms with Crippen LogP contribution in [0.25, 0.3) is 0 Å². The first-order chi connectivity index (χ1) is 8.95. The van der Waals surface area contributed by atoms with E-state index in [1.807, 2.05) is 31.5 Å². The van der Waals surface area contributed by atoms with E-state index < -0.39 is 5.97 Å². The SMILES string of the molecule is Cc1cn(Cc2nc(C)c(C)o2)c(SCC(=O)O)n1. The van der Waals surface area contributed by atoms with E-state index in [2.05, 4.69) is 9.97 Å². The van der Waals surface area contributed by atoms with Crippen molar-refractivity contribution in [3.05, 3.63) is 29.2 Å². The maximum absolute atomic E-state index is 10.6. The van der Waals surface area contributed by atoms with E-state index in [-0.39, 0.29) is 5.75 Å². The van der Waals surface area contributed by atoms with Crippen LogP contribution in [0.15, 0.2) is 15.8 Å². The molecule has 2 aromatic rings. The number of carboxylic acids is 1. The Labute approximate surface area is 114 Å². The van der Waals surface area contributed by atoms with Gasteiger partial charge in [0.2, 0.25) is 5.89 Å². The third kappa shape index (κ3) is 3.37. The molecule has 2 aromatic heterocycles. The summed E-state index contributed by atoms with van der Waals surface area (Å²) < 4.78 is 7.38. The minimum absolute atomic E-state index is 0.0138. The maximum Gasteiger partial charge on any atom is 0.313 e. The fourth-order valence-corrected chi connectivity index (χ4v) is 2.38. The van der Waals surface area contributed by atoms with Gasteiger partial charge in [0, 0.05) is 6.20 Å². The van der Waals surface area contributed by atoms with E-state index in [1.54, 1.807) is 0 Å². The van der Waals surface area contributed by atoms with Crippen LogP contribution in [-0.2, 0) is 11.3 Å². The summed E-state index contributed by atoms with van der Waals surface area (Å²) in [5.74, 6) is 0.524. The van der Waals surface area contributed by atoms with Crippen molar-refractivity contribution in [3.8, 4) is 0 Å². The summed E-state index contributed by atoms with van der Waals surface area (Å²) in [6, 6.07) is 0. The standard InChI is InChI=1S/C12H15N3O3S/c1-7-4-15(12(13-7)19-6-11(16)17)5-10-14-8(2)9(3)18-10/h4H,5-6H2,1-3H3,(H,16,17). The number of aromatic nitrogens is 3. The molecular weight excluding hydrogens is 266 g/mol. The molecule has 0 aliphatic rings. The van der Waals surface area contributed by atoms with Gasteiger partial charge in [-0.05, 0) is 20.8 Å². The van der Waals surface area contributed by atoms with Crippen LogP contribution < -0.4 is 0 Å². The van der Waals surface area contributed by atoms with Gasteiger partial charge in [0.15, 0.2) is 5.16 Å². The summed E-state index contributed by atoms with van der Waals surface area (Å²) in [5, 5.41) is 9.37. The first-order valence-electron chi connectivity index (χ1n) is 5.77. The van der Waals surface area contributed by atoms with Gasteiger partial charge in [-0.25, -0.2) is 9.97 Å². The van der Waals surface area contributed by atoms with Crippen molar-refractivity contribution in [2.45, 2.75) is 32.5 Å². The molecule has 6 nitrogen and oxygen atoms in total. The van der Waals surface area contributed by atoms with E-state index in [9.17, 15) is 4.79 Å². The van der Waals surface area contributed by atoms with Crippen LogP contribution in [0.2, 0.25) is 0 Å². The number of rotatable bonds is 5. The molecular formula is C12H15N3O3S.